The molecule has 4 rings (SSSR count). The van der Waals surface area contributed by atoms with Crippen molar-refractivity contribution in [3.8, 4) is 0 Å². The van der Waals surface area contributed by atoms with Crippen LogP contribution in [0.4, 0.5) is 0 Å². The lowest BCUT2D eigenvalue weighted by Gasteiger charge is -2.03. The number of hydrogen-bond donors (Lipinski definition) is 0. The van der Waals surface area contributed by atoms with E-state index in [0.717, 1.165) is 17.1 Å². The van der Waals surface area contributed by atoms with Gasteiger partial charge in [-0.1, -0.05) is 30.3 Å². The van der Waals surface area contributed by atoms with Crippen LogP contribution in [0.25, 0.3) is 11.0 Å². The molecule has 0 saturated carbocycles. The summed E-state index contributed by atoms with van der Waals surface area (Å²) in [4.78, 5) is 21.4. The Labute approximate surface area is 142 Å². The number of thiazole rings is 1. The van der Waals surface area contributed by atoms with E-state index in [1.165, 1.54) is 5.56 Å². The average Bonchev–Trinajstić information content (AvgIpc) is 3.18. The quantitative estimate of drug-likeness (QED) is 0.573. The largest absolute Gasteiger partial charge is 0.292 e. The number of benzene rings is 1. The summed E-state index contributed by atoms with van der Waals surface area (Å²) < 4.78 is 3.17. The highest BCUT2D eigenvalue weighted by molar-refractivity contribution is 7.09. The van der Waals surface area contributed by atoms with E-state index in [1.807, 2.05) is 23.6 Å². The molecule has 0 bridgehead atoms. The zero-order valence-electron chi connectivity index (χ0n) is 13.1. The number of fused-ring (bicyclic) bond motifs is 1. The molecule has 0 aliphatic carbocycles. The van der Waals surface area contributed by atoms with E-state index < -0.39 is 0 Å². The van der Waals surface area contributed by atoms with E-state index >= 15 is 0 Å². The Morgan fingerprint density at radius 3 is 2.88 bits per heavy atom. The molecule has 0 N–H and O–H groups in total. The molecule has 0 unspecified atom stereocenters. The van der Waals surface area contributed by atoms with Crippen LogP contribution in [-0.2, 0) is 20.0 Å². The minimum atomic E-state index is -0.0919. The van der Waals surface area contributed by atoms with E-state index in [0.29, 0.717) is 17.6 Å². The zero-order chi connectivity index (χ0) is 16.5. The van der Waals surface area contributed by atoms with Crippen molar-refractivity contribution in [2.24, 2.45) is 7.05 Å². The smallest absolute Gasteiger partial charge is 0.264 e. The van der Waals surface area contributed by atoms with E-state index in [-0.39, 0.29) is 5.56 Å². The summed E-state index contributed by atoms with van der Waals surface area (Å²) in [6.45, 7) is 0.419. The molecule has 120 valence electrons. The third kappa shape index (κ3) is 2.74. The summed E-state index contributed by atoms with van der Waals surface area (Å²) in [5.41, 5.74) is 2.61. The molecule has 0 radical (unpaired) electrons. The van der Waals surface area contributed by atoms with Gasteiger partial charge in [0.15, 0.2) is 5.65 Å². The van der Waals surface area contributed by atoms with Gasteiger partial charge in [-0.2, -0.15) is 5.10 Å². The first-order valence-corrected chi connectivity index (χ1v) is 8.43. The molecule has 3 heterocycles. The topological polar surface area (TPSA) is 65.6 Å². The third-order valence-corrected chi connectivity index (χ3v) is 4.75. The Bertz CT molecular complexity index is 1050. The predicted molar refractivity (Wildman–Crippen MR) is 93.2 cm³/mol. The van der Waals surface area contributed by atoms with Gasteiger partial charge < -0.3 is 0 Å². The van der Waals surface area contributed by atoms with Gasteiger partial charge in [0.1, 0.15) is 11.7 Å². The Hall–Kier alpha value is -2.80. The molecular weight excluding hydrogens is 322 g/mol. The lowest BCUT2D eigenvalue weighted by Crippen LogP contribution is -2.21. The number of nitrogens with zero attached hydrogens (tertiary/aromatic N) is 5. The third-order valence-electron chi connectivity index (χ3n) is 3.85. The zero-order valence-corrected chi connectivity index (χ0v) is 13.9. The maximum absolute atomic E-state index is 12.5. The summed E-state index contributed by atoms with van der Waals surface area (Å²) in [6.07, 6.45) is 3.92. The van der Waals surface area contributed by atoms with Crippen LogP contribution < -0.4 is 5.56 Å². The normalized spacial score (nSPS) is 11.2. The number of aryl methyl sites for hydroxylation is 1. The highest BCUT2D eigenvalue weighted by atomic mass is 32.1. The van der Waals surface area contributed by atoms with Crippen molar-refractivity contribution < 1.29 is 0 Å². The molecule has 6 nitrogen and oxygen atoms in total. The molecule has 24 heavy (non-hydrogen) atoms. The molecule has 0 amide bonds. The molecule has 4 aromatic rings. The lowest BCUT2D eigenvalue weighted by molar-refractivity contribution is 0.724. The van der Waals surface area contributed by atoms with Crippen molar-refractivity contribution in [2.45, 2.75) is 13.0 Å². The van der Waals surface area contributed by atoms with Gasteiger partial charge in [0, 0.05) is 18.8 Å². The molecule has 3 aromatic heterocycles. The summed E-state index contributed by atoms with van der Waals surface area (Å²) >= 11 is 1.61. The van der Waals surface area contributed by atoms with Crippen LogP contribution in [0.2, 0.25) is 0 Å². The summed E-state index contributed by atoms with van der Waals surface area (Å²) in [5.74, 6) is 0. The Morgan fingerprint density at radius 2 is 2.04 bits per heavy atom. The van der Waals surface area contributed by atoms with Crippen molar-refractivity contribution in [3.63, 3.8) is 0 Å². The van der Waals surface area contributed by atoms with E-state index in [4.69, 9.17) is 0 Å². The van der Waals surface area contributed by atoms with Gasteiger partial charge in [-0.3, -0.25) is 14.0 Å². The van der Waals surface area contributed by atoms with Crippen LogP contribution >= 0.6 is 11.3 Å². The van der Waals surface area contributed by atoms with Crippen molar-refractivity contribution in [3.05, 3.63) is 74.9 Å². The van der Waals surface area contributed by atoms with Crippen LogP contribution in [0.15, 0.2) is 53.0 Å². The molecule has 0 fully saturated rings. The van der Waals surface area contributed by atoms with Crippen molar-refractivity contribution >= 4 is 22.4 Å². The van der Waals surface area contributed by atoms with Crippen molar-refractivity contribution in [1.29, 1.82) is 0 Å². The fourth-order valence-corrected chi connectivity index (χ4v) is 3.45. The highest BCUT2D eigenvalue weighted by Gasteiger charge is 2.10. The maximum atomic E-state index is 12.5. The summed E-state index contributed by atoms with van der Waals surface area (Å²) in [6, 6.07) is 10.2. The highest BCUT2D eigenvalue weighted by Crippen LogP contribution is 2.15. The average molecular weight is 337 g/mol. The fourth-order valence-electron chi connectivity index (χ4n) is 2.63. The molecular formula is C17H15N5OS. The summed E-state index contributed by atoms with van der Waals surface area (Å²) in [5, 5.41) is 7.65. The van der Waals surface area contributed by atoms with Crippen LogP contribution in [0.1, 0.15) is 16.3 Å². The van der Waals surface area contributed by atoms with Gasteiger partial charge in [-0.05, 0) is 5.56 Å². The summed E-state index contributed by atoms with van der Waals surface area (Å²) in [7, 11) is 1.77. The first-order chi connectivity index (χ1) is 11.7. The fraction of sp³-hybridized carbons (Fsp3) is 0.176. The molecule has 0 aliphatic rings. The van der Waals surface area contributed by atoms with Crippen molar-refractivity contribution in [1.82, 2.24) is 24.3 Å². The van der Waals surface area contributed by atoms with Gasteiger partial charge >= 0.3 is 0 Å². The van der Waals surface area contributed by atoms with E-state index in [1.54, 1.807) is 40.2 Å². The molecule has 0 atom stereocenters. The first-order valence-electron chi connectivity index (χ1n) is 7.55. The minimum Gasteiger partial charge on any atom is -0.292 e. The van der Waals surface area contributed by atoms with Crippen LogP contribution in [0, 0.1) is 0 Å². The standard InChI is InChI=1S/C17H15N5OS/c1-21-16-14(8-19-21)17(23)22(11-18-16)9-13-10-24-15(20-13)7-12-5-3-2-4-6-12/h2-6,8,10-11H,7,9H2,1H3. The van der Waals surface area contributed by atoms with Crippen molar-refractivity contribution in [2.75, 3.05) is 0 Å². The van der Waals surface area contributed by atoms with Gasteiger partial charge in [0.25, 0.3) is 5.56 Å². The maximum Gasteiger partial charge on any atom is 0.264 e. The second kappa shape index (κ2) is 6.01. The molecule has 0 aliphatic heterocycles. The number of hydrogen-bond acceptors (Lipinski definition) is 5. The molecule has 0 spiro atoms. The lowest BCUT2D eigenvalue weighted by atomic mass is 10.2. The minimum absolute atomic E-state index is 0.0919. The SMILES string of the molecule is Cn1ncc2c(=O)n(Cc3csc(Cc4ccccc4)n3)cnc21. The van der Waals surface area contributed by atoms with Gasteiger partial charge in [0.2, 0.25) is 0 Å². The predicted octanol–water partition coefficient (Wildman–Crippen LogP) is 2.23. The number of rotatable bonds is 4. The molecule has 0 saturated heterocycles. The van der Waals surface area contributed by atoms with Crippen LogP contribution in [0.3, 0.4) is 0 Å². The first kappa shape index (κ1) is 14.8. The monoisotopic (exact) mass is 337 g/mol. The second-order valence-electron chi connectivity index (χ2n) is 5.58. The van der Waals surface area contributed by atoms with Crippen LogP contribution in [0.5, 0.6) is 0 Å². The second-order valence-corrected chi connectivity index (χ2v) is 6.52. The van der Waals surface area contributed by atoms with E-state index in [9.17, 15) is 4.79 Å². The van der Waals surface area contributed by atoms with Gasteiger partial charge in [-0.15, -0.1) is 11.3 Å². The van der Waals surface area contributed by atoms with E-state index in [2.05, 4.69) is 27.2 Å². The van der Waals surface area contributed by atoms with Gasteiger partial charge in [0.05, 0.1) is 23.4 Å². The number of aromatic nitrogens is 5. The van der Waals surface area contributed by atoms with Gasteiger partial charge in [-0.25, -0.2) is 9.97 Å². The molecule has 7 heteroatoms. The Balaban J connectivity index is 1.58. The Morgan fingerprint density at radius 1 is 1.21 bits per heavy atom. The van der Waals surface area contributed by atoms with Crippen LogP contribution in [-0.4, -0.2) is 24.3 Å². The Kier molecular flexibility index (Phi) is 3.70. The molecule has 1 aromatic carbocycles.